The van der Waals surface area contributed by atoms with Gasteiger partial charge in [0.05, 0.1) is 11.4 Å². The number of rotatable bonds is 5. The van der Waals surface area contributed by atoms with Crippen molar-refractivity contribution in [3.63, 3.8) is 0 Å². The minimum atomic E-state index is -2.74. The fraction of sp³-hybridized carbons (Fsp3) is 0.407. The highest BCUT2D eigenvalue weighted by molar-refractivity contribution is 7.71. The SMILES string of the molecule is CC(C)(C)OC(=O)N[C@H]1CCN(c2ccc(-c3ccccc3N(C=S(=O)=O)C(=O)OC(C)(C)C)cc2F)C1=O. The summed E-state index contributed by atoms with van der Waals surface area (Å²) < 4.78 is 48.9. The zero-order chi connectivity index (χ0) is 29.1. The largest absolute Gasteiger partial charge is 0.444 e. The Kier molecular flexibility index (Phi) is 8.69. The predicted molar refractivity (Wildman–Crippen MR) is 146 cm³/mol. The molecule has 0 bridgehead atoms. The molecule has 3 rings (SSSR count). The molecule has 2 aromatic rings. The summed E-state index contributed by atoms with van der Waals surface area (Å²) in [6.07, 6.45) is -1.39. The summed E-state index contributed by atoms with van der Waals surface area (Å²) in [4.78, 5) is 39.9. The molecule has 1 aliphatic heterocycles. The van der Waals surface area contributed by atoms with Gasteiger partial charge < -0.3 is 19.7 Å². The van der Waals surface area contributed by atoms with Gasteiger partial charge in [0.15, 0.2) is 0 Å². The standard InChI is InChI=1S/C27H32FN3O7S/c1-26(2,3)37-24(33)29-20-13-14-30(23(20)32)22-12-11-17(15-19(22)28)18-9-7-8-10-21(18)31(16-39(35)36)25(34)38-27(4,5)6/h7-12,15-16,20H,13-14H2,1-6H3,(H,29,33)/t20-/m0/s1. The molecule has 1 aliphatic rings. The van der Waals surface area contributed by atoms with Crippen molar-refractivity contribution in [1.29, 1.82) is 0 Å². The molecule has 1 fully saturated rings. The molecule has 3 amide bonds. The second kappa shape index (κ2) is 11.4. The summed E-state index contributed by atoms with van der Waals surface area (Å²) in [5.74, 6) is -1.19. The number of amides is 3. The second-order valence-electron chi connectivity index (χ2n) is 10.9. The number of hydrogen-bond donors (Lipinski definition) is 1. The Morgan fingerprint density at radius 1 is 1.05 bits per heavy atom. The molecule has 12 heteroatoms. The summed E-state index contributed by atoms with van der Waals surface area (Å²) in [5.41, 5.74) is -0.0859. The molecule has 210 valence electrons. The van der Waals surface area contributed by atoms with Gasteiger partial charge in [-0.05, 0) is 71.7 Å². The zero-order valence-electron chi connectivity index (χ0n) is 22.6. The smallest absolute Gasteiger partial charge is 0.419 e. The van der Waals surface area contributed by atoms with Crippen LogP contribution in [0, 0.1) is 5.82 Å². The summed E-state index contributed by atoms with van der Waals surface area (Å²) in [5, 5.41) is 2.53. The maximum Gasteiger partial charge on any atom is 0.419 e. The van der Waals surface area contributed by atoms with Crippen LogP contribution in [0.1, 0.15) is 48.0 Å². The van der Waals surface area contributed by atoms with Crippen molar-refractivity contribution in [2.24, 2.45) is 0 Å². The van der Waals surface area contributed by atoms with Crippen molar-refractivity contribution in [3.8, 4) is 11.1 Å². The van der Waals surface area contributed by atoms with Crippen LogP contribution in [0.4, 0.5) is 25.4 Å². The first kappa shape index (κ1) is 29.6. The third-order valence-electron chi connectivity index (χ3n) is 5.39. The van der Waals surface area contributed by atoms with Crippen molar-refractivity contribution < 1.29 is 36.7 Å². The number of alkyl carbamates (subject to hydrolysis) is 1. The number of benzene rings is 2. The molecule has 0 spiro atoms. The Hall–Kier alpha value is -3.93. The van der Waals surface area contributed by atoms with E-state index < -0.39 is 51.4 Å². The fourth-order valence-corrected chi connectivity index (χ4v) is 4.29. The molecule has 0 saturated carbocycles. The Bertz CT molecular complexity index is 1400. The Morgan fingerprint density at radius 2 is 1.69 bits per heavy atom. The molecule has 0 aliphatic carbocycles. The summed E-state index contributed by atoms with van der Waals surface area (Å²) in [6.45, 7) is 10.2. The summed E-state index contributed by atoms with van der Waals surface area (Å²) >= 11 is 0. The highest BCUT2D eigenvalue weighted by Gasteiger charge is 2.36. The normalized spacial score (nSPS) is 15.5. The van der Waals surface area contributed by atoms with Gasteiger partial charge >= 0.3 is 12.2 Å². The maximum atomic E-state index is 15.4. The minimum Gasteiger partial charge on any atom is -0.444 e. The average molecular weight is 562 g/mol. The number of para-hydroxylation sites is 1. The van der Waals surface area contributed by atoms with Crippen molar-refractivity contribution in [2.45, 2.75) is 65.2 Å². The third-order valence-corrected chi connectivity index (χ3v) is 5.77. The van der Waals surface area contributed by atoms with Crippen LogP contribution in [-0.4, -0.2) is 55.8 Å². The van der Waals surface area contributed by atoms with E-state index in [2.05, 4.69) is 5.32 Å². The topological polar surface area (TPSA) is 122 Å². The van der Waals surface area contributed by atoms with Gasteiger partial charge in [-0.2, -0.15) is 8.42 Å². The number of anilines is 2. The van der Waals surface area contributed by atoms with Gasteiger partial charge in [0, 0.05) is 12.1 Å². The monoisotopic (exact) mass is 561 g/mol. The van der Waals surface area contributed by atoms with Crippen molar-refractivity contribution >= 4 is 45.3 Å². The molecule has 0 unspecified atom stereocenters. The van der Waals surface area contributed by atoms with E-state index in [0.717, 1.165) is 4.90 Å². The number of carbonyl (C=O) groups excluding carboxylic acids is 3. The molecule has 1 saturated heterocycles. The lowest BCUT2D eigenvalue weighted by Crippen LogP contribution is -2.43. The van der Waals surface area contributed by atoms with Gasteiger partial charge in [0.25, 0.3) is 0 Å². The fourth-order valence-electron chi connectivity index (χ4n) is 3.92. The first-order chi connectivity index (χ1) is 18.1. The Labute approximate surface area is 228 Å². The van der Waals surface area contributed by atoms with Crippen molar-refractivity contribution in [2.75, 3.05) is 16.3 Å². The molecule has 0 radical (unpaired) electrons. The van der Waals surface area contributed by atoms with Gasteiger partial charge in [0.1, 0.15) is 28.6 Å². The van der Waals surface area contributed by atoms with Gasteiger partial charge in [-0.15, -0.1) is 0 Å². The highest BCUT2D eigenvalue weighted by Crippen LogP contribution is 2.34. The van der Waals surface area contributed by atoms with Crippen LogP contribution in [0.3, 0.4) is 0 Å². The molecule has 1 N–H and O–H groups in total. The lowest BCUT2D eigenvalue weighted by Gasteiger charge is -2.26. The second-order valence-corrected chi connectivity index (χ2v) is 11.6. The van der Waals surface area contributed by atoms with Gasteiger partial charge in [-0.3, -0.25) is 4.79 Å². The minimum absolute atomic E-state index is 0.0194. The number of carbonyl (C=O) groups is 3. The summed E-state index contributed by atoms with van der Waals surface area (Å²) in [7, 11) is -2.74. The van der Waals surface area contributed by atoms with E-state index in [0.29, 0.717) is 16.6 Å². The first-order valence-electron chi connectivity index (χ1n) is 12.2. The van der Waals surface area contributed by atoms with Crippen LogP contribution in [-0.2, 0) is 24.6 Å². The molecular formula is C27H32FN3O7S. The van der Waals surface area contributed by atoms with Gasteiger partial charge in [-0.25, -0.2) is 18.9 Å². The first-order valence-corrected chi connectivity index (χ1v) is 13.3. The van der Waals surface area contributed by atoms with E-state index in [1.165, 1.54) is 23.1 Å². The number of nitrogens with one attached hydrogen (secondary N) is 1. The van der Waals surface area contributed by atoms with Crippen LogP contribution in [0.5, 0.6) is 0 Å². The third kappa shape index (κ3) is 7.79. The van der Waals surface area contributed by atoms with Crippen LogP contribution in [0.2, 0.25) is 0 Å². The van der Waals surface area contributed by atoms with Crippen LogP contribution < -0.4 is 15.1 Å². The molecule has 1 heterocycles. The van der Waals surface area contributed by atoms with Gasteiger partial charge in [-0.1, -0.05) is 24.3 Å². The van der Waals surface area contributed by atoms with E-state index in [-0.39, 0.29) is 24.3 Å². The molecule has 0 aromatic heterocycles. The van der Waals surface area contributed by atoms with Gasteiger partial charge in [0.2, 0.25) is 16.2 Å². The van der Waals surface area contributed by atoms with Crippen LogP contribution in [0.15, 0.2) is 42.5 Å². The highest BCUT2D eigenvalue weighted by atomic mass is 32.2. The van der Waals surface area contributed by atoms with E-state index in [1.54, 1.807) is 65.8 Å². The maximum absolute atomic E-state index is 15.4. The van der Waals surface area contributed by atoms with Crippen LogP contribution in [0.25, 0.3) is 11.1 Å². The molecule has 2 aromatic carbocycles. The van der Waals surface area contributed by atoms with Crippen LogP contribution >= 0.6 is 0 Å². The quantitative estimate of drug-likeness (QED) is 0.533. The molecule has 1 atom stereocenters. The lowest BCUT2D eigenvalue weighted by atomic mass is 10.0. The van der Waals surface area contributed by atoms with E-state index in [9.17, 15) is 22.8 Å². The van der Waals surface area contributed by atoms with Crippen molar-refractivity contribution in [3.05, 3.63) is 48.3 Å². The Balaban J connectivity index is 1.90. The number of ether oxygens (including phenoxy) is 2. The average Bonchev–Trinajstić information content (AvgIpc) is 3.14. The lowest BCUT2D eigenvalue weighted by molar-refractivity contribution is -0.118. The van der Waals surface area contributed by atoms with E-state index in [1.807, 2.05) is 0 Å². The number of nitrogens with zero attached hydrogens (tertiary/aromatic N) is 2. The van der Waals surface area contributed by atoms with Crippen molar-refractivity contribution in [1.82, 2.24) is 5.32 Å². The van der Waals surface area contributed by atoms with E-state index >= 15 is 4.39 Å². The predicted octanol–water partition coefficient (Wildman–Crippen LogP) is 4.50. The van der Waals surface area contributed by atoms with E-state index in [4.69, 9.17) is 9.47 Å². The Morgan fingerprint density at radius 3 is 2.28 bits per heavy atom. The molecule has 39 heavy (non-hydrogen) atoms. The number of hydrogen-bond acceptors (Lipinski definition) is 7. The zero-order valence-corrected chi connectivity index (χ0v) is 23.5. The summed E-state index contributed by atoms with van der Waals surface area (Å²) in [6, 6.07) is 9.67. The molecule has 10 nitrogen and oxygen atoms in total. The molecular weight excluding hydrogens is 529 g/mol. The number of halogens is 1.